The number of rotatable bonds is 7. The Balaban J connectivity index is 1.61. The molecule has 0 saturated carbocycles. The number of methoxy groups -OCH3 is 1. The zero-order valence-corrected chi connectivity index (χ0v) is 18.9. The molecule has 1 aliphatic heterocycles. The lowest BCUT2D eigenvalue weighted by atomic mass is 10.1. The van der Waals surface area contributed by atoms with Gasteiger partial charge in [0.25, 0.3) is 0 Å². The van der Waals surface area contributed by atoms with Crippen molar-refractivity contribution in [3.05, 3.63) is 101 Å². The topological polar surface area (TPSA) is 15.7 Å². The van der Waals surface area contributed by atoms with Gasteiger partial charge in [-0.15, -0.1) is 0 Å². The van der Waals surface area contributed by atoms with Crippen molar-refractivity contribution in [2.75, 3.05) is 20.2 Å². The molecule has 0 bridgehead atoms. The summed E-state index contributed by atoms with van der Waals surface area (Å²) in [6.45, 7) is 4.38. The van der Waals surface area contributed by atoms with Crippen LogP contribution in [0.3, 0.4) is 0 Å². The van der Waals surface area contributed by atoms with Gasteiger partial charge in [-0.3, -0.25) is 9.80 Å². The highest BCUT2D eigenvalue weighted by molar-refractivity contribution is 5.30. The second kappa shape index (κ2) is 9.98. The molecule has 174 valence electrons. The zero-order valence-electron chi connectivity index (χ0n) is 18.9. The second-order valence-electron chi connectivity index (χ2n) is 8.60. The van der Waals surface area contributed by atoms with Crippen LogP contribution in [0.2, 0.25) is 0 Å². The highest BCUT2D eigenvalue weighted by Gasteiger charge is 2.39. The zero-order chi connectivity index (χ0) is 23.4. The average molecular weight is 455 g/mol. The summed E-state index contributed by atoms with van der Waals surface area (Å²) in [6.07, 6.45) is -3.78. The smallest absolute Gasteiger partial charge is 0.416 e. The van der Waals surface area contributed by atoms with Crippen LogP contribution in [0.15, 0.2) is 78.9 Å². The number of benzene rings is 3. The summed E-state index contributed by atoms with van der Waals surface area (Å²) in [5, 5.41) is 0. The fourth-order valence-electron chi connectivity index (χ4n) is 4.63. The lowest BCUT2D eigenvalue weighted by molar-refractivity contribution is -0.137. The monoisotopic (exact) mass is 454 g/mol. The minimum atomic E-state index is -4.36. The first-order valence-corrected chi connectivity index (χ1v) is 11.2. The number of hydrogen-bond donors (Lipinski definition) is 0. The predicted molar refractivity (Wildman–Crippen MR) is 124 cm³/mol. The summed E-state index contributed by atoms with van der Waals surface area (Å²) in [5.74, 6) is 0.809. The summed E-state index contributed by atoms with van der Waals surface area (Å²) in [7, 11) is 1.64. The molecule has 0 radical (unpaired) electrons. The number of ether oxygens (including phenoxy) is 1. The summed E-state index contributed by atoms with van der Waals surface area (Å²) in [6, 6.07) is 24.1. The SMILES string of the molecule is COc1ccc(CCN2C(C)CN(Cc3ccccc3)C2c2cccc(C(F)(F)F)c2)cc1. The van der Waals surface area contributed by atoms with E-state index < -0.39 is 11.7 Å². The number of alkyl halides is 3. The molecule has 0 spiro atoms. The third kappa shape index (κ3) is 5.57. The van der Waals surface area contributed by atoms with Gasteiger partial charge in [0, 0.05) is 25.7 Å². The van der Waals surface area contributed by atoms with Crippen LogP contribution < -0.4 is 4.74 Å². The van der Waals surface area contributed by atoms with E-state index in [1.54, 1.807) is 7.11 Å². The summed E-state index contributed by atoms with van der Waals surface area (Å²) < 4.78 is 45.6. The highest BCUT2D eigenvalue weighted by Crippen LogP contribution is 2.38. The van der Waals surface area contributed by atoms with Gasteiger partial charge in [-0.2, -0.15) is 13.2 Å². The number of nitrogens with zero attached hydrogens (tertiary/aromatic N) is 2. The molecular formula is C27H29F3N2O. The molecule has 1 aliphatic rings. The van der Waals surface area contributed by atoms with Gasteiger partial charge in [0.05, 0.1) is 18.8 Å². The number of halogens is 3. The molecule has 4 rings (SSSR count). The van der Waals surface area contributed by atoms with Gasteiger partial charge >= 0.3 is 6.18 Å². The first kappa shape index (κ1) is 23.3. The van der Waals surface area contributed by atoms with Crippen molar-refractivity contribution in [2.24, 2.45) is 0 Å². The maximum Gasteiger partial charge on any atom is 0.416 e. The molecule has 33 heavy (non-hydrogen) atoms. The Bertz CT molecular complexity index is 1040. The Kier molecular flexibility index (Phi) is 7.05. The summed E-state index contributed by atoms with van der Waals surface area (Å²) in [4.78, 5) is 4.60. The van der Waals surface area contributed by atoms with E-state index in [9.17, 15) is 13.2 Å². The maximum absolute atomic E-state index is 13.5. The van der Waals surface area contributed by atoms with Gasteiger partial charge in [-0.05, 0) is 54.3 Å². The molecule has 0 aliphatic carbocycles. The van der Waals surface area contributed by atoms with Gasteiger partial charge in [-0.1, -0.05) is 54.6 Å². The van der Waals surface area contributed by atoms with Gasteiger partial charge in [-0.25, -0.2) is 0 Å². The van der Waals surface area contributed by atoms with Gasteiger partial charge in [0.1, 0.15) is 5.75 Å². The van der Waals surface area contributed by atoms with Crippen LogP contribution in [0.25, 0.3) is 0 Å². The maximum atomic E-state index is 13.5. The van der Waals surface area contributed by atoms with E-state index in [0.29, 0.717) is 12.1 Å². The average Bonchev–Trinajstić information content (AvgIpc) is 3.12. The van der Waals surface area contributed by atoms with Crippen molar-refractivity contribution in [1.82, 2.24) is 9.80 Å². The van der Waals surface area contributed by atoms with Crippen LogP contribution in [-0.2, 0) is 19.1 Å². The van der Waals surface area contributed by atoms with Crippen molar-refractivity contribution >= 4 is 0 Å². The van der Waals surface area contributed by atoms with Crippen LogP contribution >= 0.6 is 0 Å². The Morgan fingerprint density at radius 3 is 2.30 bits per heavy atom. The van der Waals surface area contributed by atoms with Crippen molar-refractivity contribution in [3.63, 3.8) is 0 Å². The summed E-state index contributed by atoms with van der Waals surface area (Å²) >= 11 is 0. The molecule has 1 heterocycles. The molecule has 1 fully saturated rings. The van der Waals surface area contributed by atoms with Gasteiger partial charge in [0.15, 0.2) is 0 Å². The largest absolute Gasteiger partial charge is 0.497 e. The molecule has 3 nitrogen and oxygen atoms in total. The molecule has 0 N–H and O–H groups in total. The van der Waals surface area contributed by atoms with Gasteiger partial charge < -0.3 is 4.74 Å². The highest BCUT2D eigenvalue weighted by atomic mass is 19.4. The third-order valence-corrected chi connectivity index (χ3v) is 6.28. The fraction of sp³-hybridized carbons (Fsp3) is 0.333. The van der Waals surface area contributed by atoms with Crippen molar-refractivity contribution < 1.29 is 17.9 Å². The minimum absolute atomic E-state index is 0.214. The molecule has 3 aromatic rings. The Labute approximate surface area is 193 Å². The van der Waals surface area contributed by atoms with Crippen molar-refractivity contribution in [1.29, 1.82) is 0 Å². The predicted octanol–water partition coefficient (Wildman–Crippen LogP) is 6.16. The van der Waals surface area contributed by atoms with E-state index in [4.69, 9.17) is 4.74 Å². The third-order valence-electron chi connectivity index (χ3n) is 6.28. The van der Waals surface area contributed by atoms with E-state index in [0.717, 1.165) is 36.9 Å². The van der Waals surface area contributed by atoms with Crippen molar-refractivity contribution in [2.45, 2.75) is 38.3 Å². The molecule has 2 atom stereocenters. The first-order valence-electron chi connectivity index (χ1n) is 11.2. The fourth-order valence-corrected chi connectivity index (χ4v) is 4.63. The second-order valence-corrected chi connectivity index (χ2v) is 8.60. The van der Waals surface area contributed by atoms with Crippen LogP contribution in [-0.4, -0.2) is 36.0 Å². The van der Waals surface area contributed by atoms with E-state index in [-0.39, 0.29) is 12.2 Å². The Morgan fingerprint density at radius 1 is 0.909 bits per heavy atom. The molecule has 3 aromatic carbocycles. The molecule has 1 saturated heterocycles. The first-order chi connectivity index (χ1) is 15.8. The van der Waals surface area contributed by atoms with Crippen molar-refractivity contribution in [3.8, 4) is 5.75 Å². The van der Waals surface area contributed by atoms with Crippen LogP contribution in [0.4, 0.5) is 13.2 Å². The quantitative estimate of drug-likeness (QED) is 0.425. The molecule has 2 unspecified atom stereocenters. The Morgan fingerprint density at radius 2 is 1.64 bits per heavy atom. The minimum Gasteiger partial charge on any atom is -0.497 e. The standard InChI is InChI=1S/C27H29F3N2O/c1-20-18-31(19-22-7-4-3-5-8-22)26(23-9-6-10-24(17-23)27(28,29)30)32(20)16-15-21-11-13-25(33-2)14-12-21/h3-14,17,20,26H,15-16,18-19H2,1-2H3. The lowest BCUT2D eigenvalue weighted by Gasteiger charge is -2.32. The Hall–Kier alpha value is -2.83. The van der Waals surface area contributed by atoms with Crippen LogP contribution in [0.5, 0.6) is 5.75 Å². The number of hydrogen-bond acceptors (Lipinski definition) is 3. The van der Waals surface area contributed by atoms with E-state index in [1.165, 1.54) is 17.7 Å². The van der Waals surface area contributed by atoms with Crippen LogP contribution in [0.1, 0.15) is 35.3 Å². The summed E-state index contributed by atoms with van der Waals surface area (Å²) in [5.41, 5.74) is 2.40. The molecular weight excluding hydrogens is 425 g/mol. The molecule has 0 aromatic heterocycles. The van der Waals surface area contributed by atoms with E-state index in [2.05, 4.69) is 28.9 Å². The van der Waals surface area contributed by atoms with Gasteiger partial charge in [0.2, 0.25) is 0 Å². The normalized spacial score (nSPS) is 19.7. The lowest BCUT2D eigenvalue weighted by Crippen LogP contribution is -2.34. The molecule has 6 heteroatoms. The molecule has 0 amide bonds. The van der Waals surface area contributed by atoms with E-state index >= 15 is 0 Å². The van der Waals surface area contributed by atoms with Crippen LogP contribution in [0, 0.1) is 0 Å². The van der Waals surface area contributed by atoms with E-state index in [1.807, 2.05) is 48.5 Å².